The summed E-state index contributed by atoms with van der Waals surface area (Å²) in [6, 6.07) is 24.9. The van der Waals surface area contributed by atoms with E-state index in [9.17, 15) is 9.59 Å². The lowest BCUT2D eigenvalue weighted by Crippen LogP contribution is -2.17. The molecule has 1 aliphatic rings. The molecule has 4 nitrogen and oxygen atoms in total. The predicted molar refractivity (Wildman–Crippen MR) is 154 cm³/mol. The van der Waals surface area contributed by atoms with Crippen LogP contribution in [0.5, 0.6) is 0 Å². The van der Waals surface area contributed by atoms with Crippen LogP contribution in [0.2, 0.25) is 0 Å². The molecule has 0 saturated heterocycles. The van der Waals surface area contributed by atoms with Gasteiger partial charge in [-0.2, -0.15) is 0 Å². The van der Waals surface area contributed by atoms with Crippen LogP contribution in [-0.2, 0) is 17.6 Å². The van der Waals surface area contributed by atoms with Gasteiger partial charge in [0.05, 0.1) is 0 Å². The normalized spacial score (nSPS) is 11.4. The molecule has 1 aliphatic carbocycles. The molecule has 0 aliphatic heterocycles. The van der Waals surface area contributed by atoms with Crippen LogP contribution in [0, 0.1) is 19.8 Å². The zero-order chi connectivity index (χ0) is 27.2. The average Bonchev–Trinajstić information content (AvgIpc) is 3.31. The van der Waals surface area contributed by atoms with Gasteiger partial charge in [0.2, 0.25) is 0 Å². The van der Waals surface area contributed by atoms with Crippen LogP contribution in [0.3, 0.4) is 0 Å². The largest absolute Gasteiger partial charge is 0.481 e. The number of amides is 1. The van der Waals surface area contributed by atoms with Gasteiger partial charge in [0.25, 0.3) is 5.91 Å². The van der Waals surface area contributed by atoms with Crippen molar-refractivity contribution in [3.63, 3.8) is 0 Å². The second-order valence-electron chi connectivity index (χ2n) is 9.88. The molecule has 0 radical (unpaired) electrons. The first-order chi connectivity index (χ1) is 17.7. The van der Waals surface area contributed by atoms with Gasteiger partial charge in [-0.05, 0) is 79.8 Å². The number of hydrogen-bond acceptors (Lipinski definition) is 2. The molecule has 0 aromatic heterocycles. The lowest BCUT2D eigenvalue weighted by Gasteiger charge is -2.06. The Kier molecular flexibility index (Phi) is 12.3. The van der Waals surface area contributed by atoms with Crippen LogP contribution in [0.4, 0.5) is 0 Å². The summed E-state index contributed by atoms with van der Waals surface area (Å²) in [4.78, 5) is 20.9. The first-order valence-corrected chi connectivity index (χ1v) is 13.0. The summed E-state index contributed by atoms with van der Waals surface area (Å²) in [6.45, 7) is 8.23. The molecule has 0 atom stereocenters. The lowest BCUT2D eigenvalue weighted by atomic mass is 10.00. The Morgan fingerprint density at radius 3 is 2.11 bits per heavy atom. The number of rotatable bonds is 7. The molecule has 0 fully saturated rings. The molecule has 0 saturated carbocycles. The van der Waals surface area contributed by atoms with Gasteiger partial charge in [-0.3, -0.25) is 9.59 Å². The molecule has 3 aromatic rings. The Bertz CT molecular complexity index is 1180. The minimum Gasteiger partial charge on any atom is -0.481 e. The number of carbonyl (C=O) groups is 2. The third-order valence-electron chi connectivity index (χ3n) is 6.29. The minimum atomic E-state index is -0.696. The summed E-state index contributed by atoms with van der Waals surface area (Å²) >= 11 is 0. The fraction of sp³-hybridized carbons (Fsp3) is 0.333. The van der Waals surface area contributed by atoms with E-state index in [1.807, 2.05) is 45.0 Å². The number of aliphatic carboxylic acids is 1. The van der Waals surface area contributed by atoms with E-state index in [2.05, 4.69) is 66.8 Å². The molecule has 0 unspecified atom stereocenters. The van der Waals surface area contributed by atoms with Crippen LogP contribution in [0.1, 0.15) is 71.3 Å². The standard InChI is InChI=1S/C18H18.C9H11NO.C6H12O2/c1-14-6-2-3-7-16(14)11-10-15-12-17-8-4-5-9-18(17)13-15;1-7-3-5-8(6-4-7)9(11)10-2;1-5(2)3-4-6(7)8/h2-9,12H,10-11,13H2,1H3;3-6H,1-2H3,(H,10,11);5H,3-4H2,1-2H3,(H,7,8). The number of carboxylic acid groups (broad SMARTS) is 1. The number of carboxylic acids is 1. The van der Waals surface area contributed by atoms with Gasteiger partial charge in [0.15, 0.2) is 0 Å². The minimum absolute atomic E-state index is 0.0370. The zero-order valence-corrected chi connectivity index (χ0v) is 22.9. The van der Waals surface area contributed by atoms with Crippen molar-refractivity contribution in [2.75, 3.05) is 7.05 Å². The van der Waals surface area contributed by atoms with E-state index in [-0.39, 0.29) is 5.91 Å². The quantitative estimate of drug-likeness (QED) is 0.355. The van der Waals surface area contributed by atoms with E-state index in [4.69, 9.17) is 5.11 Å². The van der Waals surface area contributed by atoms with E-state index >= 15 is 0 Å². The van der Waals surface area contributed by atoms with Gasteiger partial charge < -0.3 is 10.4 Å². The fourth-order valence-electron chi connectivity index (χ4n) is 3.96. The van der Waals surface area contributed by atoms with Gasteiger partial charge in [-0.15, -0.1) is 0 Å². The van der Waals surface area contributed by atoms with Crippen molar-refractivity contribution in [3.05, 3.63) is 112 Å². The lowest BCUT2D eigenvalue weighted by molar-refractivity contribution is -0.137. The van der Waals surface area contributed by atoms with Gasteiger partial charge in [0.1, 0.15) is 0 Å². The van der Waals surface area contributed by atoms with Crippen molar-refractivity contribution >= 4 is 18.0 Å². The molecule has 196 valence electrons. The van der Waals surface area contributed by atoms with Crippen molar-refractivity contribution in [1.29, 1.82) is 0 Å². The van der Waals surface area contributed by atoms with E-state index in [1.54, 1.807) is 12.6 Å². The first-order valence-electron chi connectivity index (χ1n) is 13.0. The van der Waals surface area contributed by atoms with E-state index in [0.29, 0.717) is 17.9 Å². The van der Waals surface area contributed by atoms with Crippen molar-refractivity contribution in [2.45, 2.75) is 59.8 Å². The fourth-order valence-corrected chi connectivity index (χ4v) is 3.96. The molecular formula is C33H41NO3. The molecule has 0 heterocycles. The number of benzene rings is 3. The van der Waals surface area contributed by atoms with Crippen molar-refractivity contribution in [1.82, 2.24) is 5.32 Å². The Morgan fingerprint density at radius 1 is 0.892 bits per heavy atom. The highest BCUT2D eigenvalue weighted by Crippen LogP contribution is 2.27. The number of allylic oxidation sites excluding steroid dienone is 1. The third kappa shape index (κ3) is 10.9. The second-order valence-corrected chi connectivity index (χ2v) is 9.88. The monoisotopic (exact) mass is 499 g/mol. The highest BCUT2D eigenvalue weighted by molar-refractivity contribution is 5.93. The number of hydrogen-bond donors (Lipinski definition) is 2. The smallest absolute Gasteiger partial charge is 0.303 e. The Morgan fingerprint density at radius 2 is 1.54 bits per heavy atom. The molecule has 1 amide bonds. The Hall–Kier alpha value is -3.66. The molecule has 37 heavy (non-hydrogen) atoms. The molecule has 4 heteroatoms. The van der Waals surface area contributed by atoms with Crippen LogP contribution >= 0.6 is 0 Å². The average molecular weight is 500 g/mol. The van der Waals surface area contributed by atoms with Gasteiger partial charge in [-0.1, -0.05) is 91.7 Å². The van der Waals surface area contributed by atoms with Crippen molar-refractivity contribution in [3.8, 4) is 0 Å². The molecule has 3 aromatic carbocycles. The topological polar surface area (TPSA) is 66.4 Å². The maximum absolute atomic E-state index is 11.0. The van der Waals surface area contributed by atoms with Crippen LogP contribution in [0.25, 0.3) is 6.08 Å². The second kappa shape index (κ2) is 15.5. The third-order valence-corrected chi connectivity index (χ3v) is 6.29. The Balaban J connectivity index is 0.000000217. The summed E-state index contributed by atoms with van der Waals surface area (Å²) in [5, 5.41) is 10.7. The van der Waals surface area contributed by atoms with Gasteiger partial charge in [0, 0.05) is 19.0 Å². The molecular weight excluding hydrogens is 458 g/mol. The van der Waals surface area contributed by atoms with E-state index in [0.717, 1.165) is 24.8 Å². The highest BCUT2D eigenvalue weighted by atomic mass is 16.4. The zero-order valence-electron chi connectivity index (χ0n) is 22.9. The van der Waals surface area contributed by atoms with Crippen molar-refractivity contribution < 1.29 is 14.7 Å². The van der Waals surface area contributed by atoms with Crippen LogP contribution < -0.4 is 5.32 Å². The van der Waals surface area contributed by atoms with E-state index < -0.39 is 5.97 Å². The highest BCUT2D eigenvalue weighted by Gasteiger charge is 2.11. The molecule has 0 spiro atoms. The predicted octanol–water partition coefficient (Wildman–Crippen LogP) is 7.43. The number of aryl methyl sites for hydroxylation is 3. The number of fused-ring (bicyclic) bond motifs is 1. The summed E-state index contributed by atoms with van der Waals surface area (Å²) in [5.74, 6) is -0.227. The summed E-state index contributed by atoms with van der Waals surface area (Å²) < 4.78 is 0. The van der Waals surface area contributed by atoms with Gasteiger partial charge in [-0.25, -0.2) is 0 Å². The van der Waals surface area contributed by atoms with Crippen molar-refractivity contribution in [2.24, 2.45) is 5.92 Å². The first kappa shape index (κ1) is 29.6. The number of carbonyl (C=O) groups excluding carboxylic acids is 1. The van der Waals surface area contributed by atoms with E-state index in [1.165, 1.54) is 28.7 Å². The number of nitrogens with one attached hydrogen (secondary N) is 1. The maximum Gasteiger partial charge on any atom is 0.303 e. The van der Waals surface area contributed by atoms with Gasteiger partial charge >= 0.3 is 5.97 Å². The SMILES string of the molecule is CC(C)CCC(=O)O.CNC(=O)c1ccc(C)cc1.Cc1ccccc1CCC1=Cc2ccccc2C1. The molecule has 4 rings (SSSR count). The van der Waals surface area contributed by atoms with Crippen LogP contribution in [-0.4, -0.2) is 24.0 Å². The molecule has 0 bridgehead atoms. The summed E-state index contributed by atoms with van der Waals surface area (Å²) in [6.07, 6.45) is 6.94. The Labute approximate surface area is 222 Å². The summed E-state index contributed by atoms with van der Waals surface area (Å²) in [5.41, 5.74) is 9.23. The van der Waals surface area contributed by atoms with Crippen LogP contribution in [0.15, 0.2) is 78.4 Å². The molecule has 2 N–H and O–H groups in total. The summed E-state index contributed by atoms with van der Waals surface area (Å²) in [7, 11) is 1.63. The maximum atomic E-state index is 11.0.